The van der Waals surface area contributed by atoms with Crippen LogP contribution in [0, 0.1) is 0 Å². The van der Waals surface area contributed by atoms with Crippen molar-refractivity contribution in [2.24, 2.45) is 0 Å². The third kappa shape index (κ3) is 3.84. The third-order valence-corrected chi connectivity index (χ3v) is 4.55. The highest BCUT2D eigenvalue weighted by molar-refractivity contribution is 5.78. The zero-order valence-corrected chi connectivity index (χ0v) is 13.2. The van der Waals surface area contributed by atoms with Crippen molar-refractivity contribution < 1.29 is 9.53 Å². The van der Waals surface area contributed by atoms with Crippen LogP contribution in [0.25, 0.3) is 0 Å². The Bertz CT molecular complexity index is 478. The van der Waals surface area contributed by atoms with Crippen LogP contribution in [0.15, 0.2) is 12.7 Å². The van der Waals surface area contributed by atoms with E-state index >= 15 is 0 Å². The summed E-state index contributed by atoms with van der Waals surface area (Å²) >= 11 is 0. The number of carbonyl (C=O) groups excluding carboxylic acids is 1. The van der Waals surface area contributed by atoms with Gasteiger partial charge in [-0.2, -0.15) is 5.10 Å². The van der Waals surface area contributed by atoms with Crippen molar-refractivity contribution in [3.63, 3.8) is 0 Å². The van der Waals surface area contributed by atoms with Crippen LogP contribution in [0.1, 0.15) is 26.2 Å². The molecule has 22 heavy (non-hydrogen) atoms. The van der Waals surface area contributed by atoms with E-state index in [2.05, 4.69) is 15.0 Å². The molecule has 0 unspecified atom stereocenters. The molecule has 0 N–H and O–H groups in total. The second-order valence-electron chi connectivity index (χ2n) is 6.26. The maximum atomic E-state index is 12.6. The summed E-state index contributed by atoms with van der Waals surface area (Å²) in [5.74, 6) is 0.223. The molecule has 1 aromatic heterocycles. The summed E-state index contributed by atoms with van der Waals surface area (Å²) in [6.45, 7) is 6.40. The van der Waals surface area contributed by atoms with Crippen molar-refractivity contribution in [1.29, 1.82) is 0 Å². The lowest BCUT2D eigenvalue weighted by Gasteiger charge is -2.37. The van der Waals surface area contributed by atoms with E-state index in [9.17, 15) is 4.79 Å². The summed E-state index contributed by atoms with van der Waals surface area (Å²) in [4.78, 5) is 20.8. The Labute approximate surface area is 131 Å². The van der Waals surface area contributed by atoms with Crippen LogP contribution in [0.3, 0.4) is 0 Å². The van der Waals surface area contributed by atoms with Crippen LogP contribution >= 0.6 is 0 Å². The highest BCUT2D eigenvalue weighted by atomic mass is 16.5. The molecule has 122 valence electrons. The van der Waals surface area contributed by atoms with E-state index in [1.54, 1.807) is 12.7 Å². The van der Waals surface area contributed by atoms with Crippen molar-refractivity contribution >= 4 is 5.91 Å². The highest BCUT2D eigenvalue weighted by Gasteiger charge is 2.28. The van der Waals surface area contributed by atoms with Crippen molar-refractivity contribution in [2.45, 2.75) is 44.9 Å². The summed E-state index contributed by atoms with van der Waals surface area (Å²) < 4.78 is 7.38. The topological polar surface area (TPSA) is 63.5 Å². The minimum absolute atomic E-state index is 0.144. The number of nitrogens with zero attached hydrogens (tertiary/aromatic N) is 5. The summed E-state index contributed by atoms with van der Waals surface area (Å²) in [5.41, 5.74) is 0. The molecule has 1 amide bonds. The van der Waals surface area contributed by atoms with E-state index in [1.807, 2.05) is 16.5 Å². The number of piperidine rings is 1. The molecule has 0 radical (unpaired) electrons. The van der Waals surface area contributed by atoms with Crippen LogP contribution in [0.5, 0.6) is 0 Å². The molecule has 0 bridgehead atoms. The van der Waals surface area contributed by atoms with Gasteiger partial charge in [-0.3, -0.25) is 14.4 Å². The maximum absolute atomic E-state index is 12.6. The minimum Gasteiger partial charge on any atom is -0.375 e. The molecule has 3 rings (SSSR count). The summed E-state index contributed by atoms with van der Waals surface area (Å²) in [6.07, 6.45) is 6.96. The lowest BCUT2D eigenvalue weighted by molar-refractivity contribution is -0.140. The molecule has 0 saturated carbocycles. The molecule has 3 heterocycles. The normalized spacial score (nSPS) is 27.0. The predicted molar refractivity (Wildman–Crippen MR) is 81.2 cm³/mol. The second-order valence-corrected chi connectivity index (χ2v) is 6.26. The van der Waals surface area contributed by atoms with Crippen LogP contribution in [-0.4, -0.2) is 75.4 Å². The van der Waals surface area contributed by atoms with Gasteiger partial charge in [0, 0.05) is 19.1 Å². The van der Waals surface area contributed by atoms with E-state index < -0.39 is 0 Å². The number of likely N-dealkylation sites (tertiary alicyclic amines) is 1. The molecular formula is C15H25N5O2. The number of hydrogen-bond acceptors (Lipinski definition) is 5. The van der Waals surface area contributed by atoms with Gasteiger partial charge in [-0.1, -0.05) is 6.42 Å². The number of amides is 1. The van der Waals surface area contributed by atoms with E-state index in [0.717, 1.165) is 19.5 Å². The van der Waals surface area contributed by atoms with E-state index in [1.165, 1.54) is 12.8 Å². The van der Waals surface area contributed by atoms with Gasteiger partial charge in [0.15, 0.2) is 0 Å². The molecule has 7 nitrogen and oxygen atoms in total. The molecule has 7 heteroatoms. The number of rotatable bonds is 4. The Morgan fingerprint density at radius 3 is 3.05 bits per heavy atom. The number of hydrogen-bond donors (Lipinski definition) is 0. The first-order chi connectivity index (χ1) is 10.7. The summed E-state index contributed by atoms with van der Waals surface area (Å²) in [5, 5.41) is 4.19. The molecule has 0 aromatic carbocycles. The van der Waals surface area contributed by atoms with Crippen molar-refractivity contribution in [3.05, 3.63) is 12.7 Å². The smallest absolute Gasteiger partial charge is 0.236 e. The lowest BCUT2D eigenvalue weighted by atomic mass is 10.0. The monoisotopic (exact) mass is 307 g/mol. The fraction of sp³-hybridized carbons (Fsp3) is 0.800. The summed E-state index contributed by atoms with van der Waals surface area (Å²) in [6, 6.07) is 0.373. The van der Waals surface area contributed by atoms with Crippen LogP contribution in [0.4, 0.5) is 0 Å². The largest absolute Gasteiger partial charge is 0.375 e. The van der Waals surface area contributed by atoms with Gasteiger partial charge in [-0.25, -0.2) is 4.98 Å². The Kier molecular flexibility index (Phi) is 5.04. The average molecular weight is 307 g/mol. The highest BCUT2D eigenvalue weighted by Crippen LogP contribution is 2.18. The van der Waals surface area contributed by atoms with Crippen LogP contribution in [-0.2, 0) is 16.1 Å². The molecule has 0 aliphatic carbocycles. The first kappa shape index (κ1) is 15.4. The van der Waals surface area contributed by atoms with Crippen LogP contribution < -0.4 is 0 Å². The zero-order valence-electron chi connectivity index (χ0n) is 13.2. The molecule has 2 aliphatic heterocycles. The number of morpholine rings is 1. The Balaban J connectivity index is 1.57. The summed E-state index contributed by atoms with van der Waals surface area (Å²) in [7, 11) is 0. The molecule has 1 aromatic rings. The first-order valence-corrected chi connectivity index (χ1v) is 8.18. The van der Waals surface area contributed by atoms with E-state index in [4.69, 9.17) is 4.74 Å². The molecule has 2 aliphatic rings. The van der Waals surface area contributed by atoms with E-state index in [0.29, 0.717) is 32.3 Å². The predicted octanol–water partition coefficient (Wildman–Crippen LogP) is 0.380. The lowest BCUT2D eigenvalue weighted by Crippen LogP contribution is -2.51. The van der Waals surface area contributed by atoms with Gasteiger partial charge in [0.1, 0.15) is 12.7 Å². The standard InChI is InChI=1S/C15H25N5O2/c1-13-8-19(6-7-22-13)15(21)10-18-5-3-2-4-14(18)9-20-12-16-11-17-20/h11-14H,2-10H2,1H3/t13-,14+/m0/s1. The Morgan fingerprint density at radius 2 is 2.27 bits per heavy atom. The van der Waals surface area contributed by atoms with Crippen LogP contribution in [0.2, 0.25) is 0 Å². The second kappa shape index (κ2) is 7.19. The van der Waals surface area contributed by atoms with Crippen molar-refractivity contribution in [3.8, 4) is 0 Å². The van der Waals surface area contributed by atoms with Gasteiger partial charge >= 0.3 is 0 Å². The van der Waals surface area contributed by atoms with Gasteiger partial charge in [-0.15, -0.1) is 0 Å². The fourth-order valence-electron chi connectivity index (χ4n) is 3.34. The average Bonchev–Trinajstić information content (AvgIpc) is 3.02. The number of ether oxygens (including phenoxy) is 1. The molecule has 0 spiro atoms. The first-order valence-electron chi connectivity index (χ1n) is 8.18. The van der Waals surface area contributed by atoms with Gasteiger partial charge in [0.2, 0.25) is 5.91 Å². The third-order valence-electron chi connectivity index (χ3n) is 4.55. The SMILES string of the molecule is C[C@H]1CN(C(=O)CN2CCCC[C@@H]2Cn2cncn2)CCO1. The Hall–Kier alpha value is -1.47. The molecule has 2 saturated heterocycles. The van der Waals surface area contributed by atoms with Crippen molar-refractivity contribution in [2.75, 3.05) is 32.8 Å². The van der Waals surface area contributed by atoms with Gasteiger partial charge < -0.3 is 9.64 Å². The number of carbonyl (C=O) groups is 1. The van der Waals surface area contributed by atoms with Gasteiger partial charge in [-0.05, 0) is 26.3 Å². The Morgan fingerprint density at radius 1 is 1.36 bits per heavy atom. The zero-order chi connectivity index (χ0) is 15.4. The fourth-order valence-corrected chi connectivity index (χ4v) is 3.34. The van der Waals surface area contributed by atoms with Gasteiger partial charge in [0.05, 0.1) is 25.8 Å². The molecule has 2 fully saturated rings. The van der Waals surface area contributed by atoms with Crippen molar-refractivity contribution in [1.82, 2.24) is 24.6 Å². The number of aromatic nitrogens is 3. The maximum Gasteiger partial charge on any atom is 0.236 e. The van der Waals surface area contributed by atoms with Gasteiger partial charge in [0.25, 0.3) is 0 Å². The van der Waals surface area contributed by atoms with E-state index in [-0.39, 0.29) is 12.0 Å². The molecular weight excluding hydrogens is 282 g/mol. The minimum atomic E-state index is 0.144. The molecule has 2 atom stereocenters. The quantitative estimate of drug-likeness (QED) is 0.805.